The lowest BCUT2D eigenvalue weighted by Gasteiger charge is -2.47. The van der Waals surface area contributed by atoms with Crippen LogP contribution in [0.25, 0.3) is 11.3 Å². The largest absolute Gasteiger partial charge is 0.374 e. The second-order valence-electron chi connectivity index (χ2n) is 10.6. The van der Waals surface area contributed by atoms with Gasteiger partial charge in [-0.15, -0.1) is 0 Å². The molecule has 3 aromatic rings. The first-order valence-electron chi connectivity index (χ1n) is 12.4. The summed E-state index contributed by atoms with van der Waals surface area (Å²) in [5.74, 6) is -1.11. The summed E-state index contributed by atoms with van der Waals surface area (Å²) >= 11 is 0. The lowest BCUT2D eigenvalue weighted by atomic mass is 9.64. The van der Waals surface area contributed by atoms with Crippen molar-refractivity contribution in [2.24, 2.45) is 5.41 Å². The van der Waals surface area contributed by atoms with Gasteiger partial charge < -0.3 is 9.64 Å². The molecule has 0 N–H and O–H groups in total. The van der Waals surface area contributed by atoms with Crippen molar-refractivity contribution in [3.63, 3.8) is 0 Å². The van der Waals surface area contributed by atoms with Crippen LogP contribution in [-0.2, 0) is 21.4 Å². The fraction of sp³-hybridized carbons (Fsp3) is 0.429. The number of halogens is 2. The van der Waals surface area contributed by atoms with Crippen LogP contribution in [0.3, 0.4) is 0 Å². The minimum atomic E-state index is -0.654. The summed E-state index contributed by atoms with van der Waals surface area (Å²) in [6, 6.07) is 11.2. The Labute approximate surface area is 208 Å². The van der Waals surface area contributed by atoms with Crippen LogP contribution in [-0.4, -0.2) is 51.8 Å². The molecule has 6 rings (SSSR count). The summed E-state index contributed by atoms with van der Waals surface area (Å²) in [4.78, 5) is 19.3. The van der Waals surface area contributed by atoms with Gasteiger partial charge in [-0.05, 0) is 60.1 Å². The van der Waals surface area contributed by atoms with E-state index in [4.69, 9.17) is 4.74 Å². The maximum absolute atomic E-state index is 14.5. The van der Waals surface area contributed by atoms with Crippen molar-refractivity contribution in [1.29, 1.82) is 0 Å². The molecule has 3 heterocycles. The zero-order valence-electron chi connectivity index (χ0n) is 20.4. The van der Waals surface area contributed by atoms with Crippen molar-refractivity contribution in [1.82, 2.24) is 20.1 Å². The molecule has 3 atom stereocenters. The van der Waals surface area contributed by atoms with E-state index in [2.05, 4.69) is 29.0 Å². The Bertz CT molecular complexity index is 1310. The van der Waals surface area contributed by atoms with Gasteiger partial charge in [-0.1, -0.05) is 26.0 Å². The Balaban J connectivity index is 1.34. The van der Waals surface area contributed by atoms with Gasteiger partial charge in [0.25, 0.3) is 0 Å². The number of aromatic nitrogens is 3. The first kappa shape index (κ1) is 23.2. The number of pyridine rings is 1. The van der Waals surface area contributed by atoms with E-state index in [1.807, 2.05) is 29.2 Å². The third-order valence-corrected chi connectivity index (χ3v) is 8.72. The SMILES string of the molecule is CC1(C)[C@H]2CC[C@]1([C@@H]1CN(C(=O)Cc3ccccn3)CCO1)c1nnc(-c3c(F)cccc3F)cc12. The van der Waals surface area contributed by atoms with E-state index < -0.39 is 17.0 Å². The number of fused-ring (bicyclic) bond motifs is 5. The summed E-state index contributed by atoms with van der Waals surface area (Å²) in [7, 11) is 0. The first-order valence-corrected chi connectivity index (χ1v) is 12.4. The summed E-state index contributed by atoms with van der Waals surface area (Å²) in [6.07, 6.45) is 3.49. The van der Waals surface area contributed by atoms with Gasteiger partial charge in [0.2, 0.25) is 5.91 Å². The van der Waals surface area contributed by atoms with Crippen molar-refractivity contribution in [3.8, 4) is 11.3 Å². The van der Waals surface area contributed by atoms with Gasteiger partial charge in [-0.3, -0.25) is 9.78 Å². The topological polar surface area (TPSA) is 68.2 Å². The third kappa shape index (κ3) is 3.30. The maximum Gasteiger partial charge on any atom is 0.228 e. The molecule has 0 unspecified atom stereocenters. The zero-order chi connectivity index (χ0) is 25.1. The fourth-order valence-electron chi connectivity index (χ4n) is 6.89. The average molecular weight is 491 g/mol. The van der Waals surface area contributed by atoms with E-state index in [9.17, 15) is 13.6 Å². The number of nitrogens with zero attached hydrogens (tertiary/aromatic N) is 4. The number of benzene rings is 1. The average Bonchev–Trinajstić information content (AvgIpc) is 3.25. The smallest absolute Gasteiger partial charge is 0.228 e. The van der Waals surface area contributed by atoms with Crippen molar-refractivity contribution in [3.05, 3.63) is 77.2 Å². The van der Waals surface area contributed by atoms with Crippen molar-refractivity contribution in [2.45, 2.75) is 50.5 Å². The Hall–Kier alpha value is -3.26. The van der Waals surface area contributed by atoms with Gasteiger partial charge in [0.15, 0.2) is 0 Å². The molecular formula is C28H28F2N4O2. The standard InChI is InChI=1S/C28H28F2N4O2/c1-27(2)19-9-10-28(27,23-16-34(12-13-36-23)24(35)14-17-6-3-4-11-31-17)26-18(19)15-22(32-33-26)25-20(29)7-5-8-21(25)30/h3-8,11,15,19,23H,9-10,12-14,16H2,1-2H3/t19-,23-,28-/m0/s1. The van der Waals surface area contributed by atoms with Crippen LogP contribution in [0, 0.1) is 17.0 Å². The summed E-state index contributed by atoms with van der Waals surface area (Å²) in [5, 5.41) is 8.91. The van der Waals surface area contributed by atoms with Crippen LogP contribution in [0.2, 0.25) is 0 Å². The minimum absolute atomic E-state index is 0.0282. The monoisotopic (exact) mass is 490 g/mol. The summed E-state index contributed by atoms with van der Waals surface area (Å²) < 4.78 is 35.4. The van der Waals surface area contributed by atoms with Gasteiger partial charge >= 0.3 is 0 Å². The van der Waals surface area contributed by atoms with E-state index in [0.717, 1.165) is 29.8 Å². The molecule has 0 spiro atoms. The predicted molar refractivity (Wildman–Crippen MR) is 129 cm³/mol. The van der Waals surface area contributed by atoms with E-state index in [1.54, 1.807) is 6.20 Å². The van der Waals surface area contributed by atoms with Crippen molar-refractivity contribution < 1.29 is 18.3 Å². The van der Waals surface area contributed by atoms with Crippen molar-refractivity contribution in [2.75, 3.05) is 19.7 Å². The number of hydrogen-bond acceptors (Lipinski definition) is 5. The molecule has 0 radical (unpaired) electrons. The minimum Gasteiger partial charge on any atom is -0.374 e. The molecule has 186 valence electrons. The highest BCUT2D eigenvalue weighted by molar-refractivity contribution is 5.78. The molecular weight excluding hydrogens is 462 g/mol. The molecule has 6 nitrogen and oxygen atoms in total. The Morgan fingerprint density at radius 1 is 1.14 bits per heavy atom. The highest BCUT2D eigenvalue weighted by atomic mass is 19.1. The van der Waals surface area contributed by atoms with Crippen LogP contribution in [0.4, 0.5) is 8.78 Å². The molecule has 2 bridgehead atoms. The van der Waals surface area contributed by atoms with Gasteiger partial charge in [-0.2, -0.15) is 10.2 Å². The molecule has 1 saturated carbocycles. The van der Waals surface area contributed by atoms with Crippen LogP contribution in [0.15, 0.2) is 48.7 Å². The second-order valence-corrected chi connectivity index (χ2v) is 10.6. The molecule has 8 heteroatoms. The predicted octanol–water partition coefficient (Wildman–Crippen LogP) is 4.44. The highest BCUT2D eigenvalue weighted by Crippen LogP contribution is 2.69. The van der Waals surface area contributed by atoms with Gasteiger partial charge in [-0.25, -0.2) is 8.78 Å². The summed E-state index contributed by atoms with van der Waals surface area (Å²) in [6.45, 7) is 5.88. The number of carbonyl (C=O) groups excluding carboxylic acids is 1. The number of carbonyl (C=O) groups is 1. The van der Waals surface area contributed by atoms with Gasteiger partial charge in [0.05, 0.1) is 36.1 Å². The highest BCUT2D eigenvalue weighted by Gasteiger charge is 2.67. The zero-order valence-corrected chi connectivity index (χ0v) is 20.4. The molecule has 1 aromatic carbocycles. The Morgan fingerprint density at radius 3 is 2.69 bits per heavy atom. The number of amides is 1. The van der Waals surface area contributed by atoms with E-state index >= 15 is 0 Å². The number of ether oxygens (including phenoxy) is 1. The molecule has 1 aliphatic heterocycles. The number of hydrogen-bond donors (Lipinski definition) is 0. The maximum atomic E-state index is 14.5. The normalized spacial score (nSPS) is 26.2. The van der Waals surface area contributed by atoms with E-state index in [1.165, 1.54) is 18.2 Å². The first-order chi connectivity index (χ1) is 17.3. The van der Waals surface area contributed by atoms with E-state index in [-0.39, 0.29) is 41.0 Å². The Morgan fingerprint density at radius 2 is 1.94 bits per heavy atom. The van der Waals surface area contributed by atoms with Crippen molar-refractivity contribution >= 4 is 5.91 Å². The van der Waals surface area contributed by atoms with Gasteiger partial charge in [0, 0.05) is 30.4 Å². The molecule has 1 amide bonds. The number of morpholine rings is 1. The van der Waals surface area contributed by atoms with Crippen LogP contribution in [0.5, 0.6) is 0 Å². The fourth-order valence-corrected chi connectivity index (χ4v) is 6.89. The van der Waals surface area contributed by atoms with Crippen LogP contribution in [0.1, 0.15) is 49.6 Å². The second kappa shape index (κ2) is 8.40. The Kier molecular flexibility index (Phi) is 5.41. The van der Waals surface area contributed by atoms with Crippen LogP contribution >= 0.6 is 0 Å². The molecule has 2 aromatic heterocycles. The van der Waals surface area contributed by atoms with Crippen LogP contribution < -0.4 is 0 Å². The summed E-state index contributed by atoms with van der Waals surface area (Å²) in [5.41, 5.74) is 1.98. The quantitative estimate of drug-likeness (QED) is 0.541. The lowest BCUT2D eigenvalue weighted by molar-refractivity contribution is -0.144. The molecule has 3 aliphatic rings. The molecule has 2 aliphatic carbocycles. The molecule has 36 heavy (non-hydrogen) atoms. The number of rotatable bonds is 4. The molecule has 1 saturated heterocycles. The third-order valence-electron chi connectivity index (χ3n) is 8.72. The molecule has 2 fully saturated rings. The lowest BCUT2D eigenvalue weighted by Crippen LogP contribution is -2.57. The van der Waals surface area contributed by atoms with E-state index in [0.29, 0.717) is 19.7 Å². The van der Waals surface area contributed by atoms with Gasteiger partial charge in [0.1, 0.15) is 11.6 Å².